The van der Waals surface area contributed by atoms with E-state index in [4.69, 9.17) is 10.00 Å². The van der Waals surface area contributed by atoms with Crippen LogP contribution in [0.15, 0.2) is 12.1 Å². The maximum atomic E-state index is 14.7. The molecular weight excluding hydrogens is 359 g/mol. The minimum Gasteiger partial charge on any atom is -0.444 e. The van der Waals surface area contributed by atoms with Crippen LogP contribution in [0.4, 0.5) is 20.6 Å². The molecule has 0 aliphatic carbocycles. The molecule has 1 aliphatic rings. The number of ether oxygens (including phenoxy) is 1. The maximum absolute atomic E-state index is 14.7. The SMILES string of the molecule is CC(C)(C)OC(=O)N1CCN(c2ccc([N+](=O)[O-])c(C#N)c2F)[C@H](CO)C1. The van der Waals surface area contributed by atoms with E-state index >= 15 is 0 Å². The van der Waals surface area contributed by atoms with E-state index in [-0.39, 0.29) is 31.9 Å². The second-order valence-corrected chi connectivity index (χ2v) is 7.12. The van der Waals surface area contributed by atoms with Gasteiger partial charge in [-0.3, -0.25) is 10.1 Å². The standard InChI is InChI=1S/C17H21FN4O5/c1-17(2,3)27-16(24)20-6-7-21(11(9-20)10-23)14-5-4-13(22(25)26)12(8-19)15(14)18/h4-5,11,23H,6-7,9-10H2,1-3H3/t11-/m0/s1. The quantitative estimate of drug-likeness (QED) is 0.629. The van der Waals surface area contributed by atoms with E-state index in [1.54, 1.807) is 20.8 Å². The van der Waals surface area contributed by atoms with Crippen molar-refractivity contribution < 1.29 is 24.0 Å². The molecule has 10 heteroatoms. The lowest BCUT2D eigenvalue weighted by Crippen LogP contribution is -2.57. The zero-order valence-electron chi connectivity index (χ0n) is 15.3. The van der Waals surface area contributed by atoms with Gasteiger partial charge in [0.05, 0.1) is 23.3 Å². The van der Waals surface area contributed by atoms with E-state index in [2.05, 4.69) is 0 Å². The molecule has 1 aliphatic heterocycles. The van der Waals surface area contributed by atoms with Crippen LogP contribution in [-0.2, 0) is 4.74 Å². The van der Waals surface area contributed by atoms with Crippen LogP contribution < -0.4 is 4.90 Å². The Morgan fingerprint density at radius 2 is 2.15 bits per heavy atom. The summed E-state index contributed by atoms with van der Waals surface area (Å²) in [6.45, 7) is 5.30. The zero-order chi connectivity index (χ0) is 20.4. The molecule has 0 radical (unpaired) electrons. The van der Waals surface area contributed by atoms with Crippen LogP contribution in [0.5, 0.6) is 0 Å². The monoisotopic (exact) mass is 380 g/mol. The molecule has 27 heavy (non-hydrogen) atoms. The molecule has 0 saturated carbocycles. The number of aliphatic hydroxyl groups excluding tert-OH is 1. The lowest BCUT2D eigenvalue weighted by molar-refractivity contribution is -0.385. The average molecular weight is 380 g/mol. The second kappa shape index (κ2) is 7.75. The van der Waals surface area contributed by atoms with Gasteiger partial charge in [0.25, 0.3) is 5.69 Å². The highest BCUT2D eigenvalue weighted by Gasteiger charge is 2.34. The summed E-state index contributed by atoms with van der Waals surface area (Å²) in [6, 6.07) is 3.14. The van der Waals surface area contributed by atoms with Crippen LogP contribution >= 0.6 is 0 Å². The number of anilines is 1. The molecule has 1 aromatic carbocycles. The molecular formula is C17H21FN4O5. The van der Waals surface area contributed by atoms with Crippen molar-refractivity contribution in [2.45, 2.75) is 32.4 Å². The number of aliphatic hydroxyl groups is 1. The lowest BCUT2D eigenvalue weighted by Gasteiger charge is -2.42. The largest absolute Gasteiger partial charge is 0.444 e. The molecule has 0 spiro atoms. The van der Waals surface area contributed by atoms with Gasteiger partial charge in [0.2, 0.25) is 0 Å². The zero-order valence-corrected chi connectivity index (χ0v) is 15.3. The Morgan fingerprint density at radius 3 is 2.67 bits per heavy atom. The number of nitriles is 1. The average Bonchev–Trinajstić information content (AvgIpc) is 2.59. The molecule has 1 atom stereocenters. The van der Waals surface area contributed by atoms with Crippen LogP contribution in [0.25, 0.3) is 0 Å². The van der Waals surface area contributed by atoms with Crippen LogP contribution in [-0.4, -0.2) is 58.9 Å². The molecule has 0 aromatic heterocycles. The third-order valence-corrected chi connectivity index (χ3v) is 4.06. The summed E-state index contributed by atoms with van der Waals surface area (Å²) in [5.41, 5.74) is -1.98. The van der Waals surface area contributed by atoms with Crippen LogP contribution in [0.2, 0.25) is 0 Å². The number of nitrogens with zero attached hydrogens (tertiary/aromatic N) is 4. The molecule has 146 valence electrons. The predicted molar refractivity (Wildman–Crippen MR) is 93.8 cm³/mol. The Kier molecular flexibility index (Phi) is 5.85. The van der Waals surface area contributed by atoms with E-state index < -0.39 is 39.7 Å². The van der Waals surface area contributed by atoms with Crippen molar-refractivity contribution in [1.82, 2.24) is 4.90 Å². The van der Waals surface area contributed by atoms with Gasteiger partial charge in [-0.05, 0) is 26.8 Å². The number of nitro benzene ring substituents is 1. The van der Waals surface area contributed by atoms with Crippen LogP contribution in [0, 0.1) is 27.3 Å². The van der Waals surface area contributed by atoms with Crippen LogP contribution in [0.1, 0.15) is 26.3 Å². The van der Waals surface area contributed by atoms with Gasteiger partial charge >= 0.3 is 6.09 Å². The Balaban J connectivity index is 2.27. The number of piperazine rings is 1. The third kappa shape index (κ3) is 4.43. The highest BCUT2D eigenvalue weighted by atomic mass is 19.1. The van der Waals surface area contributed by atoms with Crippen molar-refractivity contribution in [2.24, 2.45) is 0 Å². The summed E-state index contributed by atoms with van der Waals surface area (Å²) in [5.74, 6) is -1.02. The van der Waals surface area contributed by atoms with E-state index in [1.807, 2.05) is 0 Å². The van der Waals surface area contributed by atoms with E-state index in [0.29, 0.717) is 0 Å². The van der Waals surface area contributed by atoms with Crippen LogP contribution in [0.3, 0.4) is 0 Å². The van der Waals surface area contributed by atoms with Gasteiger partial charge in [-0.15, -0.1) is 0 Å². The lowest BCUT2D eigenvalue weighted by atomic mass is 10.1. The molecule has 1 N–H and O–H groups in total. The number of amides is 1. The first-order valence-corrected chi connectivity index (χ1v) is 8.31. The summed E-state index contributed by atoms with van der Waals surface area (Å²) < 4.78 is 20.0. The van der Waals surface area contributed by atoms with Crippen molar-refractivity contribution in [3.8, 4) is 6.07 Å². The molecule has 1 saturated heterocycles. The fourth-order valence-corrected chi connectivity index (χ4v) is 2.86. The third-order valence-electron chi connectivity index (χ3n) is 4.06. The number of hydrogen-bond acceptors (Lipinski definition) is 7. The number of carbonyl (C=O) groups excluding carboxylic acids is 1. The van der Waals surface area contributed by atoms with Gasteiger partial charge in [-0.2, -0.15) is 5.26 Å². The maximum Gasteiger partial charge on any atom is 0.410 e. The number of halogens is 1. The Hall–Kier alpha value is -2.93. The predicted octanol–water partition coefficient (Wildman–Crippen LogP) is 2.02. The molecule has 2 rings (SSSR count). The normalized spacial score (nSPS) is 17.4. The molecule has 0 bridgehead atoms. The van der Waals surface area contributed by atoms with Gasteiger partial charge in [-0.25, -0.2) is 9.18 Å². The van der Waals surface area contributed by atoms with Gasteiger partial charge in [0.15, 0.2) is 11.4 Å². The molecule has 1 amide bonds. The topological polar surface area (TPSA) is 120 Å². The van der Waals surface area contributed by atoms with Crippen molar-refractivity contribution in [3.05, 3.63) is 33.6 Å². The summed E-state index contributed by atoms with van der Waals surface area (Å²) >= 11 is 0. The first-order valence-electron chi connectivity index (χ1n) is 8.31. The minimum atomic E-state index is -1.02. The van der Waals surface area contributed by atoms with Gasteiger partial charge in [-0.1, -0.05) is 0 Å². The summed E-state index contributed by atoms with van der Waals surface area (Å²) in [7, 11) is 0. The van der Waals surface area contributed by atoms with E-state index in [9.17, 15) is 24.4 Å². The summed E-state index contributed by atoms with van der Waals surface area (Å²) in [4.78, 5) is 25.3. The highest BCUT2D eigenvalue weighted by molar-refractivity contribution is 5.69. The van der Waals surface area contributed by atoms with Gasteiger partial charge < -0.3 is 19.6 Å². The highest BCUT2D eigenvalue weighted by Crippen LogP contribution is 2.31. The van der Waals surface area contributed by atoms with Crippen molar-refractivity contribution >= 4 is 17.5 Å². The first kappa shape index (κ1) is 20.4. The number of benzene rings is 1. The summed E-state index contributed by atoms with van der Waals surface area (Å²) in [6.07, 6.45) is -0.539. The number of nitro groups is 1. The minimum absolute atomic E-state index is 0.0277. The number of carbonyl (C=O) groups is 1. The molecule has 1 fully saturated rings. The second-order valence-electron chi connectivity index (χ2n) is 7.12. The Labute approximate surface area is 155 Å². The fraction of sp³-hybridized carbons (Fsp3) is 0.529. The van der Waals surface area contributed by atoms with Crippen molar-refractivity contribution in [2.75, 3.05) is 31.1 Å². The number of rotatable bonds is 3. The molecule has 0 unspecified atom stereocenters. The first-order chi connectivity index (χ1) is 12.6. The van der Waals surface area contributed by atoms with Crippen molar-refractivity contribution in [1.29, 1.82) is 5.26 Å². The van der Waals surface area contributed by atoms with Gasteiger partial charge in [0, 0.05) is 25.7 Å². The fourth-order valence-electron chi connectivity index (χ4n) is 2.86. The van der Waals surface area contributed by atoms with Crippen molar-refractivity contribution in [3.63, 3.8) is 0 Å². The molecule has 1 aromatic rings. The van der Waals surface area contributed by atoms with Gasteiger partial charge in [0.1, 0.15) is 11.7 Å². The van der Waals surface area contributed by atoms with E-state index in [0.717, 1.165) is 6.07 Å². The number of hydrogen-bond donors (Lipinski definition) is 1. The Morgan fingerprint density at radius 1 is 1.48 bits per heavy atom. The van der Waals surface area contributed by atoms with E-state index in [1.165, 1.54) is 21.9 Å². The smallest absolute Gasteiger partial charge is 0.410 e. The summed E-state index contributed by atoms with van der Waals surface area (Å²) in [5, 5.41) is 29.7. The molecule has 9 nitrogen and oxygen atoms in total. The molecule has 1 heterocycles. The Bertz CT molecular complexity index is 787.